The standard InChI is InChI=1S/C24H28N6O2S/c1-16(2)14-20(23(32)26-11-10-25)28-22(31)18-6-4-17(5-7-18)21-15-33-24(29-21)27-19-8-12-30(3)13-9-19/h4-8,12,15-16,20H,9,11,13-14H2,1-3H3,(H,26,32)(H,28,31)/t20-/m0/s1. The van der Waals surface area contributed by atoms with Crippen molar-refractivity contribution in [3.8, 4) is 17.3 Å². The molecule has 172 valence electrons. The first-order valence-electron chi connectivity index (χ1n) is 10.8. The Hall–Kier alpha value is -3.51. The predicted molar refractivity (Wildman–Crippen MR) is 130 cm³/mol. The molecule has 33 heavy (non-hydrogen) atoms. The summed E-state index contributed by atoms with van der Waals surface area (Å²) in [5.41, 5.74) is 3.15. The van der Waals surface area contributed by atoms with E-state index in [2.05, 4.69) is 25.5 Å². The summed E-state index contributed by atoms with van der Waals surface area (Å²) >= 11 is 1.48. The first-order chi connectivity index (χ1) is 15.9. The zero-order valence-corrected chi connectivity index (χ0v) is 19.9. The van der Waals surface area contributed by atoms with E-state index in [-0.39, 0.29) is 24.3 Å². The third-order valence-electron chi connectivity index (χ3n) is 5.09. The summed E-state index contributed by atoms with van der Waals surface area (Å²) in [6, 6.07) is 8.29. The fourth-order valence-corrected chi connectivity index (χ4v) is 4.04. The highest BCUT2D eigenvalue weighted by atomic mass is 32.1. The van der Waals surface area contributed by atoms with Crippen molar-refractivity contribution in [3.63, 3.8) is 0 Å². The van der Waals surface area contributed by atoms with Crippen LogP contribution >= 0.6 is 11.3 Å². The fourth-order valence-electron chi connectivity index (χ4n) is 3.31. The minimum Gasteiger partial charge on any atom is -0.380 e. The number of hydrogen-bond donors (Lipinski definition) is 2. The molecule has 9 heteroatoms. The van der Waals surface area contributed by atoms with Crippen molar-refractivity contribution >= 4 is 34.0 Å². The van der Waals surface area contributed by atoms with Gasteiger partial charge >= 0.3 is 0 Å². The second kappa shape index (κ2) is 11.4. The molecule has 0 fully saturated rings. The van der Waals surface area contributed by atoms with Gasteiger partial charge in [-0.3, -0.25) is 9.59 Å². The zero-order valence-electron chi connectivity index (χ0n) is 19.0. The number of nitrogens with zero attached hydrogens (tertiary/aromatic N) is 4. The molecule has 2 aromatic rings. The summed E-state index contributed by atoms with van der Waals surface area (Å²) in [5.74, 6) is -0.483. The van der Waals surface area contributed by atoms with Crippen molar-refractivity contribution in [2.45, 2.75) is 32.7 Å². The molecule has 1 aliphatic heterocycles. The molecule has 8 nitrogen and oxygen atoms in total. The van der Waals surface area contributed by atoms with Gasteiger partial charge in [0.15, 0.2) is 0 Å². The van der Waals surface area contributed by atoms with Gasteiger partial charge in [-0.05, 0) is 30.5 Å². The lowest BCUT2D eigenvalue weighted by molar-refractivity contribution is -0.123. The number of nitrogens with one attached hydrogen (secondary N) is 2. The topological polar surface area (TPSA) is 110 Å². The molecule has 0 bridgehead atoms. The molecule has 0 unspecified atom stereocenters. The van der Waals surface area contributed by atoms with Gasteiger partial charge in [-0.25, -0.2) is 9.98 Å². The summed E-state index contributed by atoms with van der Waals surface area (Å²) in [7, 11) is 2.03. The van der Waals surface area contributed by atoms with E-state index >= 15 is 0 Å². The molecule has 0 radical (unpaired) electrons. The minimum atomic E-state index is -0.695. The van der Waals surface area contributed by atoms with Crippen LogP contribution in [0.15, 0.2) is 46.9 Å². The van der Waals surface area contributed by atoms with Crippen molar-refractivity contribution < 1.29 is 9.59 Å². The second-order valence-corrected chi connectivity index (χ2v) is 9.11. The van der Waals surface area contributed by atoms with Crippen LogP contribution in [-0.2, 0) is 4.79 Å². The quantitative estimate of drug-likeness (QED) is 0.581. The Balaban J connectivity index is 1.67. The van der Waals surface area contributed by atoms with Gasteiger partial charge in [0.25, 0.3) is 5.91 Å². The number of aromatic nitrogens is 1. The van der Waals surface area contributed by atoms with Crippen LogP contribution in [0.4, 0.5) is 5.13 Å². The molecule has 1 atom stereocenters. The van der Waals surface area contributed by atoms with Gasteiger partial charge in [-0.1, -0.05) is 26.0 Å². The van der Waals surface area contributed by atoms with Crippen molar-refractivity contribution in [3.05, 3.63) is 47.5 Å². The maximum Gasteiger partial charge on any atom is 0.251 e. The molecular weight excluding hydrogens is 436 g/mol. The van der Waals surface area contributed by atoms with Crippen LogP contribution in [0, 0.1) is 17.2 Å². The molecule has 1 aromatic carbocycles. The van der Waals surface area contributed by atoms with E-state index in [1.165, 1.54) is 11.3 Å². The van der Waals surface area contributed by atoms with Gasteiger partial charge in [-0.15, -0.1) is 11.3 Å². The zero-order chi connectivity index (χ0) is 23.8. The Kier molecular flexibility index (Phi) is 8.33. The van der Waals surface area contributed by atoms with Crippen LogP contribution in [-0.4, -0.2) is 53.6 Å². The highest BCUT2D eigenvalue weighted by Crippen LogP contribution is 2.27. The summed E-state index contributed by atoms with van der Waals surface area (Å²) in [6.45, 7) is 4.80. The minimum absolute atomic E-state index is 0.0908. The van der Waals surface area contributed by atoms with Crippen LogP contribution in [0.1, 0.15) is 37.0 Å². The number of hydrogen-bond acceptors (Lipinski definition) is 7. The Morgan fingerprint density at radius 3 is 2.70 bits per heavy atom. The number of aliphatic imine (C=N–C) groups is 1. The average molecular weight is 465 g/mol. The molecular formula is C24H28N6O2S. The number of allylic oxidation sites excluding steroid dienone is 1. The second-order valence-electron chi connectivity index (χ2n) is 8.27. The Morgan fingerprint density at radius 1 is 1.30 bits per heavy atom. The molecule has 2 amide bonds. The normalized spacial score (nSPS) is 15.4. The third kappa shape index (κ3) is 6.99. The molecule has 1 aromatic heterocycles. The van der Waals surface area contributed by atoms with Gasteiger partial charge < -0.3 is 15.5 Å². The Morgan fingerprint density at radius 2 is 2.06 bits per heavy atom. The summed E-state index contributed by atoms with van der Waals surface area (Å²) in [6.07, 6.45) is 5.39. The van der Waals surface area contributed by atoms with Crippen LogP contribution < -0.4 is 10.6 Å². The lowest BCUT2D eigenvalue weighted by Crippen LogP contribution is -2.47. The molecule has 0 spiro atoms. The lowest BCUT2D eigenvalue weighted by Gasteiger charge is -2.19. The number of carbonyl (C=O) groups excluding carboxylic acids is 2. The number of thiazole rings is 1. The molecule has 0 saturated carbocycles. The first kappa shape index (κ1) is 24.1. The van der Waals surface area contributed by atoms with Crippen LogP contribution in [0.3, 0.4) is 0 Å². The highest BCUT2D eigenvalue weighted by molar-refractivity contribution is 7.13. The monoisotopic (exact) mass is 464 g/mol. The maximum absolute atomic E-state index is 12.7. The fraction of sp³-hybridized carbons (Fsp3) is 0.375. The molecule has 0 aliphatic carbocycles. The van der Waals surface area contributed by atoms with E-state index in [4.69, 9.17) is 5.26 Å². The van der Waals surface area contributed by atoms with Crippen molar-refractivity contribution in [2.24, 2.45) is 10.9 Å². The Bertz CT molecular complexity index is 1080. The van der Waals surface area contributed by atoms with Crippen molar-refractivity contribution in [1.29, 1.82) is 5.26 Å². The molecule has 0 saturated heterocycles. The first-order valence-corrected chi connectivity index (χ1v) is 11.7. The van der Waals surface area contributed by atoms with Gasteiger partial charge in [0.2, 0.25) is 11.0 Å². The van der Waals surface area contributed by atoms with E-state index in [0.29, 0.717) is 17.1 Å². The number of nitriles is 1. The Labute approximate surface area is 198 Å². The third-order valence-corrected chi connectivity index (χ3v) is 5.82. The van der Waals surface area contributed by atoms with Gasteiger partial charge in [0.1, 0.15) is 12.6 Å². The van der Waals surface area contributed by atoms with Gasteiger partial charge in [0, 0.05) is 48.4 Å². The number of carbonyl (C=O) groups is 2. The van der Waals surface area contributed by atoms with Crippen LogP contribution in [0.5, 0.6) is 0 Å². The smallest absolute Gasteiger partial charge is 0.251 e. The van der Waals surface area contributed by atoms with Gasteiger partial charge in [0.05, 0.1) is 11.8 Å². The SMILES string of the molecule is CC(C)C[C@H](NC(=O)c1ccc(-c2csc(N=C3C=CN(C)CC3)n2)cc1)C(=O)NCC#N. The lowest BCUT2D eigenvalue weighted by atomic mass is 10.0. The summed E-state index contributed by atoms with van der Waals surface area (Å²) < 4.78 is 0. The van der Waals surface area contributed by atoms with Crippen molar-refractivity contribution in [1.82, 2.24) is 20.5 Å². The number of amides is 2. The molecule has 2 N–H and O–H groups in total. The molecule has 2 heterocycles. The van der Waals surface area contributed by atoms with E-state index < -0.39 is 6.04 Å². The molecule has 3 rings (SSSR count). The van der Waals surface area contributed by atoms with Crippen LogP contribution in [0.25, 0.3) is 11.3 Å². The average Bonchev–Trinajstić information content (AvgIpc) is 3.26. The summed E-state index contributed by atoms with van der Waals surface area (Å²) in [5, 5.41) is 16.6. The van der Waals surface area contributed by atoms with E-state index in [1.807, 2.05) is 56.8 Å². The number of rotatable bonds is 8. The van der Waals surface area contributed by atoms with E-state index in [0.717, 1.165) is 29.9 Å². The highest BCUT2D eigenvalue weighted by Gasteiger charge is 2.22. The predicted octanol–water partition coefficient (Wildman–Crippen LogP) is 3.52. The maximum atomic E-state index is 12.7. The van der Waals surface area contributed by atoms with E-state index in [9.17, 15) is 9.59 Å². The number of benzene rings is 1. The summed E-state index contributed by atoms with van der Waals surface area (Å²) in [4.78, 5) is 36.4. The van der Waals surface area contributed by atoms with Crippen LogP contribution in [0.2, 0.25) is 0 Å². The largest absolute Gasteiger partial charge is 0.380 e. The molecule has 1 aliphatic rings. The van der Waals surface area contributed by atoms with Gasteiger partial charge in [-0.2, -0.15) is 5.26 Å². The van der Waals surface area contributed by atoms with Crippen molar-refractivity contribution in [2.75, 3.05) is 20.1 Å². The van der Waals surface area contributed by atoms with E-state index in [1.54, 1.807) is 12.1 Å².